The van der Waals surface area contributed by atoms with Crippen molar-refractivity contribution in [1.29, 1.82) is 0 Å². The fourth-order valence-electron chi connectivity index (χ4n) is 1.93. The van der Waals surface area contributed by atoms with Gasteiger partial charge in [0.25, 0.3) is 5.91 Å². The van der Waals surface area contributed by atoms with Crippen molar-refractivity contribution >= 4 is 17.8 Å². The number of hydrogen-bond acceptors (Lipinski definition) is 6. The van der Waals surface area contributed by atoms with Crippen LogP contribution < -0.4 is 5.73 Å². The fourth-order valence-corrected chi connectivity index (χ4v) is 1.93. The average molecular weight is 255 g/mol. The van der Waals surface area contributed by atoms with Crippen LogP contribution in [0.2, 0.25) is 0 Å². The minimum Gasteiger partial charge on any atom is -0.480 e. The third kappa shape index (κ3) is 2.12. The molecule has 98 valence electrons. The summed E-state index contributed by atoms with van der Waals surface area (Å²) >= 11 is 0. The van der Waals surface area contributed by atoms with E-state index in [2.05, 4.69) is 15.2 Å². The summed E-state index contributed by atoms with van der Waals surface area (Å²) in [7, 11) is 1.48. The lowest BCUT2D eigenvalue weighted by molar-refractivity contribution is -0.141. The van der Waals surface area contributed by atoms with Gasteiger partial charge in [-0.15, -0.1) is 5.10 Å². The zero-order valence-electron chi connectivity index (χ0n) is 9.66. The van der Waals surface area contributed by atoms with E-state index < -0.39 is 17.9 Å². The van der Waals surface area contributed by atoms with Crippen LogP contribution in [0.4, 0.5) is 5.95 Å². The Kier molecular flexibility index (Phi) is 3.15. The van der Waals surface area contributed by atoms with Crippen LogP contribution >= 0.6 is 0 Å². The van der Waals surface area contributed by atoms with Crippen LogP contribution in [0.25, 0.3) is 0 Å². The molecule has 2 unspecified atom stereocenters. The molecule has 9 heteroatoms. The molecule has 1 saturated heterocycles. The zero-order chi connectivity index (χ0) is 13.3. The van der Waals surface area contributed by atoms with Crippen molar-refractivity contribution in [3.63, 3.8) is 0 Å². The molecule has 2 heterocycles. The molecule has 4 N–H and O–H groups in total. The molecule has 1 aliphatic heterocycles. The van der Waals surface area contributed by atoms with E-state index in [1.807, 2.05) is 0 Å². The van der Waals surface area contributed by atoms with E-state index in [1.165, 1.54) is 12.0 Å². The Morgan fingerprint density at radius 2 is 2.33 bits per heavy atom. The molecule has 1 amide bonds. The number of H-pyrrole nitrogens is 1. The van der Waals surface area contributed by atoms with Crippen LogP contribution in [0.1, 0.15) is 17.0 Å². The molecule has 0 spiro atoms. The predicted molar refractivity (Wildman–Crippen MR) is 58.7 cm³/mol. The van der Waals surface area contributed by atoms with Gasteiger partial charge in [0.1, 0.15) is 6.04 Å². The number of carboxylic acids is 1. The van der Waals surface area contributed by atoms with Gasteiger partial charge in [0, 0.05) is 20.1 Å². The van der Waals surface area contributed by atoms with E-state index in [9.17, 15) is 9.59 Å². The lowest BCUT2D eigenvalue weighted by atomic mass is 10.2. The maximum atomic E-state index is 12.1. The van der Waals surface area contributed by atoms with Crippen molar-refractivity contribution in [2.45, 2.75) is 18.6 Å². The van der Waals surface area contributed by atoms with E-state index in [0.717, 1.165) is 0 Å². The monoisotopic (exact) mass is 255 g/mol. The number of methoxy groups -OCH3 is 1. The second-order valence-corrected chi connectivity index (χ2v) is 3.95. The number of carbonyl (C=O) groups is 2. The highest BCUT2D eigenvalue weighted by Gasteiger charge is 2.41. The van der Waals surface area contributed by atoms with Crippen LogP contribution in [-0.2, 0) is 9.53 Å². The fraction of sp³-hybridized carbons (Fsp3) is 0.556. The van der Waals surface area contributed by atoms with E-state index >= 15 is 0 Å². The maximum absolute atomic E-state index is 12.1. The first-order valence-electron chi connectivity index (χ1n) is 5.27. The Labute approximate surface area is 102 Å². The lowest BCUT2D eigenvalue weighted by Crippen LogP contribution is -2.41. The number of carbonyl (C=O) groups excluding carboxylic acids is 1. The number of nitrogen functional groups attached to an aromatic ring is 1. The molecule has 0 aliphatic carbocycles. The lowest BCUT2D eigenvalue weighted by Gasteiger charge is -2.19. The molecule has 0 radical (unpaired) electrons. The molecule has 1 aliphatic rings. The van der Waals surface area contributed by atoms with Gasteiger partial charge in [-0.25, -0.2) is 4.79 Å². The minimum absolute atomic E-state index is 0.0623. The Morgan fingerprint density at radius 1 is 1.61 bits per heavy atom. The summed E-state index contributed by atoms with van der Waals surface area (Å²) < 4.78 is 5.08. The van der Waals surface area contributed by atoms with Crippen LogP contribution in [-0.4, -0.2) is 62.9 Å². The number of nitrogens with zero attached hydrogens (tertiary/aromatic N) is 3. The number of carboxylic acid groups (broad SMARTS) is 1. The van der Waals surface area contributed by atoms with Crippen molar-refractivity contribution in [3.8, 4) is 0 Å². The largest absolute Gasteiger partial charge is 0.480 e. The van der Waals surface area contributed by atoms with Gasteiger partial charge >= 0.3 is 5.97 Å². The molecular weight excluding hydrogens is 242 g/mol. The van der Waals surface area contributed by atoms with Gasteiger partial charge in [-0.05, 0) is 0 Å². The predicted octanol–water partition coefficient (Wildman–Crippen LogP) is -1.30. The Hall–Kier alpha value is -2.16. The first kappa shape index (κ1) is 12.3. The standard InChI is InChI=1S/C9H13N5O4/c1-18-4-2-5(8(16)17)14(3-4)7(15)6-11-9(10)13-12-6/h4-5H,2-3H2,1H3,(H,16,17)(H3,10,11,12,13). The minimum atomic E-state index is -1.07. The molecule has 0 aromatic carbocycles. The molecule has 18 heavy (non-hydrogen) atoms. The van der Waals surface area contributed by atoms with Gasteiger partial charge in [0.05, 0.1) is 6.10 Å². The quantitative estimate of drug-likeness (QED) is 0.611. The molecule has 0 bridgehead atoms. The first-order chi connectivity index (χ1) is 8.52. The van der Waals surface area contributed by atoms with Crippen LogP contribution in [0.5, 0.6) is 0 Å². The van der Waals surface area contributed by atoms with Gasteiger partial charge < -0.3 is 20.5 Å². The van der Waals surface area contributed by atoms with Crippen molar-refractivity contribution in [1.82, 2.24) is 20.1 Å². The van der Waals surface area contributed by atoms with Crippen molar-refractivity contribution < 1.29 is 19.4 Å². The average Bonchev–Trinajstić information content (AvgIpc) is 2.93. The normalized spacial score (nSPS) is 23.3. The van der Waals surface area contributed by atoms with Crippen LogP contribution in [0.3, 0.4) is 0 Å². The van der Waals surface area contributed by atoms with Gasteiger partial charge in [0.15, 0.2) is 0 Å². The van der Waals surface area contributed by atoms with Gasteiger partial charge in [-0.1, -0.05) is 0 Å². The van der Waals surface area contributed by atoms with Crippen molar-refractivity contribution in [2.24, 2.45) is 0 Å². The first-order valence-corrected chi connectivity index (χ1v) is 5.27. The number of ether oxygens (including phenoxy) is 1. The highest BCUT2D eigenvalue weighted by molar-refractivity contribution is 5.94. The number of aromatic amines is 1. The number of likely N-dealkylation sites (tertiary alicyclic amines) is 1. The number of hydrogen-bond donors (Lipinski definition) is 3. The Bertz CT molecular complexity index is 473. The molecule has 1 aromatic rings. The topological polar surface area (TPSA) is 134 Å². The number of nitrogens with two attached hydrogens (primary N) is 1. The molecule has 2 atom stereocenters. The summed E-state index contributed by atoms with van der Waals surface area (Å²) in [4.78, 5) is 28.0. The van der Waals surface area contributed by atoms with Crippen LogP contribution in [0.15, 0.2) is 0 Å². The van der Waals surface area contributed by atoms with Crippen molar-refractivity contribution in [2.75, 3.05) is 19.4 Å². The molecule has 1 fully saturated rings. The van der Waals surface area contributed by atoms with E-state index in [0.29, 0.717) is 0 Å². The summed E-state index contributed by atoms with van der Waals surface area (Å²) in [5.41, 5.74) is 5.30. The molecule has 2 rings (SSSR count). The number of nitrogens with one attached hydrogen (secondary N) is 1. The van der Waals surface area contributed by atoms with E-state index in [4.69, 9.17) is 15.6 Å². The van der Waals surface area contributed by atoms with Crippen molar-refractivity contribution in [3.05, 3.63) is 5.82 Å². The maximum Gasteiger partial charge on any atom is 0.326 e. The highest BCUT2D eigenvalue weighted by Crippen LogP contribution is 2.21. The van der Waals surface area contributed by atoms with Gasteiger partial charge in [-0.2, -0.15) is 4.98 Å². The number of anilines is 1. The Morgan fingerprint density at radius 3 is 2.83 bits per heavy atom. The number of aromatic nitrogens is 3. The number of rotatable bonds is 3. The third-order valence-electron chi connectivity index (χ3n) is 2.85. The van der Waals surface area contributed by atoms with Gasteiger partial charge in [0.2, 0.25) is 11.8 Å². The summed E-state index contributed by atoms with van der Waals surface area (Å²) in [6, 6.07) is -0.922. The zero-order valence-corrected chi connectivity index (χ0v) is 9.66. The smallest absolute Gasteiger partial charge is 0.326 e. The second kappa shape index (κ2) is 4.61. The second-order valence-electron chi connectivity index (χ2n) is 3.95. The summed E-state index contributed by atoms with van der Waals surface area (Å²) in [6.45, 7) is 0.201. The number of aliphatic carboxylic acids is 1. The molecular formula is C9H13N5O4. The molecule has 0 saturated carbocycles. The summed E-state index contributed by atoms with van der Waals surface area (Å²) in [5, 5.41) is 15.0. The number of amides is 1. The SMILES string of the molecule is COC1CC(C(=O)O)N(C(=O)c2nc(N)n[nH]2)C1. The summed E-state index contributed by atoms with van der Waals surface area (Å²) in [6.07, 6.45) is -0.0448. The molecule has 9 nitrogen and oxygen atoms in total. The third-order valence-corrected chi connectivity index (χ3v) is 2.85. The van der Waals surface area contributed by atoms with Crippen LogP contribution in [0, 0.1) is 0 Å². The van der Waals surface area contributed by atoms with Gasteiger partial charge in [-0.3, -0.25) is 9.89 Å². The Balaban J connectivity index is 2.20. The highest BCUT2D eigenvalue weighted by atomic mass is 16.5. The summed E-state index contributed by atoms with van der Waals surface area (Å²) in [5.74, 6) is -1.76. The molecule has 1 aromatic heterocycles. The van der Waals surface area contributed by atoms with E-state index in [1.54, 1.807) is 0 Å². The van der Waals surface area contributed by atoms with E-state index in [-0.39, 0.29) is 30.8 Å².